The lowest BCUT2D eigenvalue weighted by atomic mass is 10.2. The van der Waals surface area contributed by atoms with E-state index in [1.165, 1.54) is 0 Å². The molecule has 2 aromatic rings. The fraction of sp³-hybridized carbons (Fsp3) is 0.385. The van der Waals surface area contributed by atoms with Crippen molar-refractivity contribution in [2.45, 2.75) is 33.2 Å². The Balaban J connectivity index is 2.61. The van der Waals surface area contributed by atoms with Gasteiger partial charge in [0.05, 0.1) is 16.6 Å². The number of fused-ring (bicyclic) bond motifs is 1. The number of carboxylic acid groups (broad SMARTS) is 1. The molecule has 0 fully saturated rings. The number of aryl methyl sites for hydroxylation is 2. The third kappa shape index (κ3) is 2.02. The summed E-state index contributed by atoms with van der Waals surface area (Å²) in [4.78, 5) is 15.4. The minimum absolute atomic E-state index is 0.293. The molecule has 0 unspecified atom stereocenters. The average molecular weight is 232 g/mol. The summed E-state index contributed by atoms with van der Waals surface area (Å²) in [6.45, 7) is 5.11. The Morgan fingerprint density at radius 1 is 1.41 bits per heavy atom. The van der Waals surface area contributed by atoms with Gasteiger partial charge in [0.15, 0.2) is 0 Å². The topological polar surface area (TPSA) is 55.1 Å². The van der Waals surface area contributed by atoms with Crippen molar-refractivity contribution in [2.75, 3.05) is 0 Å². The highest BCUT2D eigenvalue weighted by atomic mass is 16.4. The first kappa shape index (κ1) is 11.6. The Morgan fingerprint density at radius 3 is 2.76 bits per heavy atom. The van der Waals surface area contributed by atoms with E-state index in [-0.39, 0.29) is 0 Å². The number of nitrogens with zero attached hydrogens (tertiary/aromatic N) is 2. The SMILES string of the molecule is CCCn1c(CC)nc2cc(C(=O)O)ccc21. The number of rotatable bonds is 4. The van der Waals surface area contributed by atoms with Crippen LogP contribution >= 0.6 is 0 Å². The van der Waals surface area contributed by atoms with Crippen LogP contribution in [-0.4, -0.2) is 20.6 Å². The van der Waals surface area contributed by atoms with Gasteiger partial charge >= 0.3 is 5.97 Å². The molecule has 0 radical (unpaired) electrons. The van der Waals surface area contributed by atoms with E-state index < -0.39 is 5.97 Å². The highest BCUT2D eigenvalue weighted by Crippen LogP contribution is 2.19. The number of aromatic carboxylic acids is 1. The number of carbonyl (C=O) groups is 1. The zero-order valence-corrected chi connectivity index (χ0v) is 10.1. The van der Waals surface area contributed by atoms with Crippen LogP contribution in [0.5, 0.6) is 0 Å². The van der Waals surface area contributed by atoms with Gasteiger partial charge in [-0.1, -0.05) is 13.8 Å². The molecule has 4 nitrogen and oxygen atoms in total. The lowest BCUT2D eigenvalue weighted by molar-refractivity contribution is 0.0697. The molecule has 0 aliphatic heterocycles. The van der Waals surface area contributed by atoms with Crippen molar-refractivity contribution in [3.8, 4) is 0 Å². The zero-order chi connectivity index (χ0) is 12.4. The van der Waals surface area contributed by atoms with Crippen molar-refractivity contribution in [1.29, 1.82) is 0 Å². The molecule has 0 bridgehead atoms. The first-order valence-corrected chi connectivity index (χ1v) is 5.89. The fourth-order valence-corrected chi connectivity index (χ4v) is 2.06. The molecule has 0 saturated heterocycles. The van der Waals surface area contributed by atoms with Gasteiger partial charge in [-0.25, -0.2) is 9.78 Å². The molecule has 1 N–H and O–H groups in total. The van der Waals surface area contributed by atoms with Gasteiger partial charge in [0.1, 0.15) is 5.82 Å². The number of hydrogen-bond donors (Lipinski definition) is 1. The highest BCUT2D eigenvalue weighted by molar-refractivity contribution is 5.92. The van der Waals surface area contributed by atoms with E-state index in [4.69, 9.17) is 5.11 Å². The third-order valence-corrected chi connectivity index (χ3v) is 2.84. The summed E-state index contributed by atoms with van der Waals surface area (Å²) >= 11 is 0. The van der Waals surface area contributed by atoms with E-state index in [0.717, 1.165) is 36.2 Å². The maximum absolute atomic E-state index is 10.9. The third-order valence-electron chi connectivity index (χ3n) is 2.84. The largest absolute Gasteiger partial charge is 0.478 e. The van der Waals surface area contributed by atoms with E-state index in [2.05, 4.69) is 23.4 Å². The fourth-order valence-electron chi connectivity index (χ4n) is 2.06. The minimum Gasteiger partial charge on any atom is -0.478 e. The van der Waals surface area contributed by atoms with Gasteiger partial charge < -0.3 is 9.67 Å². The van der Waals surface area contributed by atoms with E-state index in [9.17, 15) is 4.79 Å². The van der Waals surface area contributed by atoms with Crippen molar-refractivity contribution >= 4 is 17.0 Å². The summed E-state index contributed by atoms with van der Waals surface area (Å²) in [6, 6.07) is 5.13. The van der Waals surface area contributed by atoms with E-state index in [0.29, 0.717) is 5.56 Å². The molecule has 4 heteroatoms. The first-order valence-electron chi connectivity index (χ1n) is 5.89. The standard InChI is InChI=1S/C13H16N2O2/c1-3-7-15-11-6-5-9(13(16)17)8-10(11)14-12(15)4-2/h5-6,8H,3-4,7H2,1-2H3,(H,16,17). The second kappa shape index (κ2) is 4.57. The van der Waals surface area contributed by atoms with Crippen LogP contribution in [0.25, 0.3) is 11.0 Å². The lowest BCUT2D eigenvalue weighted by Gasteiger charge is -2.05. The van der Waals surface area contributed by atoms with Gasteiger partial charge in [-0.15, -0.1) is 0 Å². The molecule has 2 rings (SSSR count). The van der Waals surface area contributed by atoms with Gasteiger partial charge in [-0.05, 0) is 24.6 Å². The van der Waals surface area contributed by atoms with Crippen LogP contribution in [0, 0.1) is 0 Å². The molecule has 0 atom stereocenters. The molecular weight excluding hydrogens is 216 g/mol. The summed E-state index contributed by atoms with van der Waals surface area (Å²) in [7, 11) is 0. The van der Waals surface area contributed by atoms with Crippen LogP contribution in [0.15, 0.2) is 18.2 Å². The van der Waals surface area contributed by atoms with Crippen molar-refractivity contribution in [2.24, 2.45) is 0 Å². The molecule has 90 valence electrons. The highest BCUT2D eigenvalue weighted by Gasteiger charge is 2.11. The number of carboxylic acids is 1. The van der Waals surface area contributed by atoms with Gasteiger partial charge in [0, 0.05) is 13.0 Å². The Kier molecular flexibility index (Phi) is 3.13. The molecule has 1 heterocycles. The average Bonchev–Trinajstić information content (AvgIpc) is 2.67. The Bertz CT molecular complexity index is 558. The molecule has 0 saturated carbocycles. The van der Waals surface area contributed by atoms with Crippen LogP contribution in [0.1, 0.15) is 36.5 Å². The summed E-state index contributed by atoms with van der Waals surface area (Å²) in [5, 5.41) is 8.95. The normalized spacial score (nSPS) is 10.9. The van der Waals surface area contributed by atoms with E-state index in [1.54, 1.807) is 12.1 Å². The van der Waals surface area contributed by atoms with Crippen LogP contribution in [0.2, 0.25) is 0 Å². The Labute approximate surface area is 99.9 Å². The Hall–Kier alpha value is -1.84. The molecule has 0 amide bonds. The smallest absolute Gasteiger partial charge is 0.335 e. The van der Waals surface area contributed by atoms with Crippen molar-refractivity contribution in [3.05, 3.63) is 29.6 Å². The number of aromatic nitrogens is 2. The van der Waals surface area contributed by atoms with Gasteiger partial charge in [-0.2, -0.15) is 0 Å². The van der Waals surface area contributed by atoms with Crippen LogP contribution < -0.4 is 0 Å². The van der Waals surface area contributed by atoms with Crippen LogP contribution in [-0.2, 0) is 13.0 Å². The second-order valence-corrected chi connectivity index (χ2v) is 4.04. The predicted octanol–water partition coefficient (Wildman–Crippen LogP) is 2.71. The predicted molar refractivity (Wildman–Crippen MR) is 66.4 cm³/mol. The van der Waals surface area contributed by atoms with Crippen molar-refractivity contribution in [3.63, 3.8) is 0 Å². The maximum atomic E-state index is 10.9. The molecule has 1 aromatic carbocycles. The molecule has 0 spiro atoms. The maximum Gasteiger partial charge on any atom is 0.335 e. The summed E-state index contributed by atoms with van der Waals surface area (Å²) in [6.07, 6.45) is 1.90. The summed E-state index contributed by atoms with van der Waals surface area (Å²) < 4.78 is 2.17. The minimum atomic E-state index is -0.907. The van der Waals surface area contributed by atoms with Crippen LogP contribution in [0.3, 0.4) is 0 Å². The van der Waals surface area contributed by atoms with Gasteiger partial charge in [0.2, 0.25) is 0 Å². The number of imidazole rings is 1. The van der Waals surface area contributed by atoms with Gasteiger partial charge in [0.25, 0.3) is 0 Å². The summed E-state index contributed by atoms with van der Waals surface area (Å²) in [5.74, 6) is 0.111. The lowest BCUT2D eigenvalue weighted by Crippen LogP contribution is -2.02. The molecule has 0 aliphatic carbocycles. The summed E-state index contributed by atoms with van der Waals surface area (Å²) in [5.41, 5.74) is 2.09. The monoisotopic (exact) mass is 232 g/mol. The molecular formula is C13H16N2O2. The molecule has 1 aromatic heterocycles. The molecule has 17 heavy (non-hydrogen) atoms. The number of hydrogen-bond acceptors (Lipinski definition) is 2. The van der Waals surface area contributed by atoms with E-state index in [1.807, 2.05) is 6.07 Å². The number of benzene rings is 1. The first-order chi connectivity index (χ1) is 8.17. The second-order valence-electron chi connectivity index (χ2n) is 4.04. The Morgan fingerprint density at radius 2 is 2.18 bits per heavy atom. The quantitative estimate of drug-likeness (QED) is 0.881. The van der Waals surface area contributed by atoms with E-state index >= 15 is 0 Å². The van der Waals surface area contributed by atoms with Crippen molar-refractivity contribution < 1.29 is 9.90 Å². The van der Waals surface area contributed by atoms with Gasteiger partial charge in [-0.3, -0.25) is 0 Å². The van der Waals surface area contributed by atoms with Crippen LogP contribution in [0.4, 0.5) is 0 Å². The van der Waals surface area contributed by atoms with Crippen molar-refractivity contribution in [1.82, 2.24) is 9.55 Å². The zero-order valence-electron chi connectivity index (χ0n) is 10.1. The molecule has 0 aliphatic rings.